The number of carbonyl (C=O) groups is 1. The standard InChI is InChI=1S/C19H25N5O3S2/c1-14-13-21-19(28-14)22-18(25)16-12-15(4-5-17(16)23-8-2-3-9-23)29(26,27)24-10-6-20-7-11-24/h4-5,12-13,20H,2-3,6-11H2,1H3,(H,21,22,25). The molecule has 2 aliphatic rings. The molecule has 2 N–H and O–H groups in total. The van der Waals surface area contributed by atoms with Crippen LogP contribution in [-0.2, 0) is 10.0 Å². The summed E-state index contributed by atoms with van der Waals surface area (Å²) in [6.07, 6.45) is 3.83. The minimum absolute atomic E-state index is 0.155. The Kier molecular flexibility index (Phi) is 5.86. The van der Waals surface area contributed by atoms with Gasteiger partial charge in [-0.05, 0) is 38.0 Å². The van der Waals surface area contributed by atoms with Crippen LogP contribution in [0.5, 0.6) is 0 Å². The van der Waals surface area contributed by atoms with E-state index in [2.05, 4.69) is 20.5 Å². The van der Waals surface area contributed by atoms with Crippen molar-refractivity contribution in [3.63, 3.8) is 0 Å². The molecule has 29 heavy (non-hydrogen) atoms. The third kappa shape index (κ3) is 4.30. The highest BCUT2D eigenvalue weighted by molar-refractivity contribution is 7.89. The van der Waals surface area contributed by atoms with E-state index >= 15 is 0 Å². The van der Waals surface area contributed by atoms with Crippen molar-refractivity contribution >= 4 is 38.1 Å². The van der Waals surface area contributed by atoms with Gasteiger partial charge in [0.15, 0.2) is 5.13 Å². The van der Waals surface area contributed by atoms with Crippen LogP contribution in [-0.4, -0.2) is 62.9 Å². The quantitative estimate of drug-likeness (QED) is 0.745. The van der Waals surface area contributed by atoms with Crippen molar-refractivity contribution < 1.29 is 13.2 Å². The first-order valence-electron chi connectivity index (χ1n) is 9.79. The van der Waals surface area contributed by atoms with Crippen molar-refractivity contribution in [2.75, 3.05) is 49.5 Å². The summed E-state index contributed by atoms with van der Waals surface area (Å²) in [5.41, 5.74) is 1.14. The number of aromatic nitrogens is 1. The van der Waals surface area contributed by atoms with E-state index in [4.69, 9.17) is 0 Å². The van der Waals surface area contributed by atoms with Crippen LogP contribution in [0.3, 0.4) is 0 Å². The van der Waals surface area contributed by atoms with Crippen LogP contribution < -0.4 is 15.5 Å². The van der Waals surface area contributed by atoms with E-state index in [1.165, 1.54) is 21.7 Å². The molecule has 0 radical (unpaired) electrons. The van der Waals surface area contributed by atoms with E-state index < -0.39 is 10.0 Å². The number of piperazine rings is 1. The number of rotatable bonds is 5. The van der Waals surface area contributed by atoms with Gasteiger partial charge in [-0.1, -0.05) is 0 Å². The second-order valence-electron chi connectivity index (χ2n) is 7.26. The topological polar surface area (TPSA) is 94.6 Å². The first-order chi connectivity index (χ1) is 13.9. The van der Waals surface area contributed by atoms with Gasteiger partial charge in [0.25, 0.3) is 5.91 Å². The van der Waals surface area contributed by atoms with E-state index in [-0.39, 0.29) is 10.8 Å². The molecule has 0 atom stereocenters. The van der Waals surface area contributed by atoms with Crippen molar-refractivity contribution in [1.82, 2.24) is 14.6 Å². The zero-order valence-corrected chi connectivity index (χ0v) is 18.0. The Morgan fingerprint density at radius 1 is 1.17 bits per heavy atom. The molecule has 10 heteroatoms. The normalized spacial score (nSPS) is 18.2. The number of nitrogens with one attached hydrogen (secondary N) is 2. The Morgan fingerprint density at radius 3 is 2.55 bits per heavy atom. The van der Waals surface area contributed by atoms with Gasteiger partial charge in [-0.2, -0.15) is 4.31 Å². The van der Waals surface area contributed by atoms with Gasteiger partial charge in [-0.25, -0.2) is 13.4 Å². The third-order valence-electron chi connectivity index (χ3n) is 5.21. The van der Waals surface area contributed by atoms with Gasteiger partial charge >= 0.3 is 0 Å². The molecule has 0 aliphatic carbocycles. The number of amides is 1. The molecule has 2 aliphatic heterocycles. The maximum atomic E-state index is 13.1. The molecule has 2 fully saturated rings. The van der Waals surface area contributed by atoms with Gasteiger partial charge in [-0.3, -0.25) is 10.1 Å². The predicted octanol–water partition coefficient (Wildman–Crippen LogP) is 1.90. The summed E-state index contributed by atoms with van der Waals surface area (Å²) in [6.45, 7) is 5.75. The molecule has 156 valence electrons. The van der Waals surface area contributed by atoms with Crippen molar-refractivity contribution in [3.05, 3.63) is 34.8 Å². The zero-order chi connectivity index (χ0) is 20.4. The van der Waals surface area contributed by atoms with E-state index in [1.807, 2.05) is 6.92 Å². The van der Waals surface area contributed by atoms with Gasteiger partial charge < -0.3 is 10.2 Å². The smallest absolute Gasteiger partial charge is 0.259 e. The fourth-order valence-electron chi connectivity index (χ4n) is 3.70. The van der Waals surface area contributed by atoms with Crippen molar-refractivity contribution in [3.8, 4) is 0 Å². The molecule has 0 unspecified atom stereocenters. The molecular weight excluding hydrogens is 410 g/mol. The molecule has 3 heterocycles. The molecule has 0 bridgehead atoms. The van der Waals surface area contributed by atoms with E-state index in [9.17, 15) is 13.2 Å². The van der Waals surface area contributed by atoms with Crippen LogP contribution in [0, 0.1) is 6.92 Å². The monoisotopic (exact) mass is 435 g/mol. The average Bonchev–Trinajstić information content (AvgIpc) is 3.40. The largest absolute Gasteiger partial charge is 0.371 e. The number of benzene rings is 1. The van der Waals surface area contributed by atoms with Crippen LogP contribution in [0.25, 0.3) is 0 Å². The van der Waals surface area contributed by atoms with Gasteiger partial charge in [0, 0.05) is 56.0 Å². The molecule has 1 aromatic heterocycles. The highest BCUT2D eigenvalue weighted by Crippen LogP contribution is 2.30. The Labute approximate surface area is 175 Å². The van der Waals surface area contributed by atoms with Gasteiger partial charge in [0.05, 0.1) is 10.5 Å². The fourth-order valence-corrected chi connectivity index (χ4v) is 5.83. The van der Waals surface area contributed by atoms with Crippen molar-refractivity contribution in [2.45, 2.75) is 24.7 Å². The van der Waals surface area contributed by atoms with Crippen molar-refractivity contribution in [2.24, 2.45) is 0 Å². The summed E-state index contributed by atoms with van der Waals surface area (Å²) < 4.78 is 27.7. The van der Waals surface area contributed by atoms with Gasteiger partial charge in [0.2, 0.25) is 10.0 Å². The van der Waals surface area contributed by atoms with Crippen LogP contribution in [0.1, 0.15) is 28.1 Å². The number of thiazole rings is 1. The summed E-state index contributed by atoms with van der Waals surface area (Å²) in [5.74, 6) is -0.335. The summed E-state index contributed by atoms with van der Waals surface area (Å²) in [4.78, 5) is 20.6. The van der Waals surface area contributed by atoms with Crippen LogP contribution in [0.15, 0.2) is 29.3 Å². The van der Waals surface area contributed by atoms with Crippen LogP contribution in [0.4, 0.5) is 10.8 Å². The number of anilines is 2. The first kappa shape index (κ1) is 20.3. The molecule has 4 rings (SSSR count). The number of hydrogen-bond acceptors (Lipinski definition) is 7. The SMILES string of the molecule is Cc1cnc(NC(=O)c2cc(S(=O)(=O)N3CCNCC3)ccc2N2CCCC2)s1. The van der Waals surface area contributed by atoms with Crippen LogP contribution >= 0.6 is 11.3 Å². The Balaban J connectivity index is 1.69. The van der Waals surface area contributed by atoms with E-state index in [0.29, 0.717) is 36.9 Å². The number of carbonyl (C=O) groups excluding carboxylic acids is 1. The molecule has 1 amide bonds. The number of hydrogen-bond donors (Lipinski definition) is 2. The second-order valence-corrected chi connectivity index (χ2v) is 10.4. The molecule has 8 nitrogen and oxygen atoms in total. The molecule has 1 aromatic carbocycles. The number of sulfonamides is 1. The number of aryl methyl sites for hydroxylation is 1. The summed E-state index contributed by atoms with van der Waals surface area (Å²) in [5, 5.41) is 6.49. The fraction of sp³-hybridized carbons (Fsp3) is 0.474. The lowest BCUT2D eigenvalue weighted by Gasteiger charge is -2.27. The Morgan fingerprint density at radius 2 is 1.90 bits per heavy atom. The third-order valence-corrected chi connectivity index (χ3v) is 7.94. The summed E-state index contributed by atoms with van der Waals surface area (Å²) in [7, 11) is -3.65. The summed E-state index contributed by atoms with van der Waals surface area (Å²) >= 11 is 1.39. The predicted molar refractivity (Wildman–Crippen MR) is 114 cm³/mol. The van der Waals surface area contributed by atoms with E-state index in [1.54, 1.807) is 18.3 Å². The lowest BCUT2D eigenvalue weighted by Crippen LogP contribution is -2.46. The van der Waals surface area contributed by atoms with Crippen molar-refractivity contribution in [1.29, 1.82) is 0 Å². The first-order valence-corrected chi connectivity index (χ1v) is 12.0. The minimum Gasteiger partial charge on any atom is -0.371 e. The van der Waals surface area contributed by atoms with Gasteiger partial charge in [0.1, 0.15) is 0 Å². The molecule has 2 saturated heterocycles. The number of nitrogens with zero attached hydrogens (tertiary/aromatic N) is 3. The summed E-state index contributed by atoms with van der Waals surface area (Å²) in [6, 6.07) is 4.90. The maximum Gasteiger partial charge on any atom is 0.259 e. The Hall–Kier alpha value is -2.01. The zero-order valence-electron chi connectivity index (χ0n) is 16.3. The van der Waals surface area contributed by atoms with Gasteiger partial charge in [-0.15, -0.1) is 11.3 Å². The Bertz CT molecular complexity index is 993. The molecule has 0 spiro atoms. The minimum atomic E-state index is -3.65. The molecular formula is C19H25N5O3S2. The van der Waals surface area contributed by atoms with E-state index in [0.717, 1.165) is 36.5 Å². The van der Waals surface area contributed by atoms with Crippen LogP contribution in [0.2, 0.25) is 0 Å². The lowest BCUT2D eigenvalue weighted by atomic mass is 10.1. The molecule has 0 saturated carbocycles. The highest BCUT2D eigenvalue weighted by atomic mass is 32.2. The highest BCUT2D eigenvalue weighted by Gasteiger charge is 2.29. The lowest BCUT2D eigenvalue weighted by molar-refractivity contribution is 0.102. The maximum absolute atomic E-state index is 13.1. The second kappa shape index (κ2) is 8.39. The average molecular weight is 436 g/mol. The molecule has 2 aromatic rings.